The number of fused-ring (bicyclic) bond motifs is 5. The standard InChI is InChI=1S/C28H37F2NO/c1-18-9-13-28(30)21(15-18)4-6-22-23-7-5-20(27(23,2)12-10-24(22)28)11-14-32-26-8-3-19(17-31)16-25(26)29/h3,8,16,18,20-24H,4-7,9-15H2,1-2H3/t18-,20+,21+,22-,23?,24?,27+,28+/m0/s1. The van der Waals surface area contributed by atoms with Crippen LogP contribution in [0.1, 0.15) is 83.6 Å². The Hall–Kier alpha value is -1.63. The van der Waals surface area contributed by atoms with Gasteiger partial charge in [0, 0.05) is 0 Å². The van der Waals surface area contributed by atoms with Crippen molar-refractivity contribution >= 4 is 0 Å². The third kappa shape index (κ3) is 3.55. The Labute approximate surface area is 191 Å². The summed E-state index contributed by atoms with van der Waals surface area (Å²) in [5, 5.41) is 8.90. The Kier molecular flexibility index (Phi) is 5.75. The maximum atomic E-state index is 16.4. The number of hydrogen-bond acceptors (Lipinski definition) is 2. The molecule has 32 heavy (non-hydrogen) atoms. The molecule has 0 bridgehead atoms. The quantitative estimate of drug-likeness (QED) is 0.486. The Bertz CT molecular complexity index is 896. The molecule has 4 heteroatoms. The van der Waals surface area contributed by atoms with Crippen LogP contribution in [0.5, 0.6) is 5.75 Å². The van der Waals surface area contributed by atoms with E-state index in [1.54, 1.807) is 12.1 Å². The van der Waals surface area contributed by atoms with Gasteiger partial charge in [0.2, 0.25) is 0 Å². The summed E-state index contributed by atoms with van der Waals surface area (Å²) in [4.78, 5) is 0. The minimum Gasteiger partial charge on any atom is -0.491 e. The zero-order valence-electron chi connectivity index (χ0n) is 19.6. The summed E-state index contributed by atoms with van der Waals surface area (Å²) < 4.78 is 36.3. The van der Waals surface area contributed by atoms with Crippen LogP contribution in [0.2, 0.25) is 0 Å². The van der Waals surface area contributed by atoms with Crippen molar-refractivity contribution < 1.29 is 13.5 Å². The fourth-order valence-corrected chi connectivity index (χ4v) is 8.58. The predicted octanol–water partition coefficient (Wildman–Crippen LogP) is 7.46. The highest BCUT2D eigenvalue weighted by atomic mass is 19.1. The molecule has 4 aliphatic carbocycles. The monoisotopic (exact) mass is 441 g/mol. The number of halogens is 2. The minimum atomic E-state index is -0.912. The topological polar surface area (TPSA) is 33.0 Å². The van der Waals surface area contributed by atoms with E-state index in [9.17, 15) is 4.39 Å². The molecule has 1 aromatic rings. The van der Waals surface area contributed by atoms with E-state index in [4.69, 9.17) is 10.00 Å². The number of hydrogen-bond donors (Lipinski definition) is 0. The van der Waals surface area contributed by atoms with E-state index in [1.165, 1.54) is 25.3 Å². The highest BCUT2D eigenvalue weighted by Gasteiger charge is 2.61. The van der Waals surface area contributed by atoms with Crippen LogP contribution in [-0.2, 0) is 0 Å². The molecule has 0 spiro atoms. The molecular formula is C28H37F2NO. The summed E-state index contributed by atoms with van der Waals surface area (Å²) in [6.07, 6.45) is 10.7. The van der Waals surface area contributed by atoms with Crippen molar-refractivity contribution in [2.45, 2.75) is 83.7 Å². The van der Waals surface area contributed by atoms with Crippen LogP contribution in [0.15, 0.2) is 18.2 Å². The van der Waals surface area contributed by atoms with Gasteiger partial charge in [0.1, 0.15) is 5.67 Å². The first-order valence-corrected chi connectivity index (χ1v) is 12.9. The number of alkyl halides is 1. The van der Waals surface area contributed by atoms with Crippen LogP contribution in [0.25, 0.3) is 0 Å². The van der Waals surface area contributed by atoms with Crippen LogP contribution in [-0.4, -0.2) is 12.3 Å². The van der Waals surface area contributed by atoms with Crippen molar-refractivity contribution in [3.63, 3.8) is 0 Å². The smallest absolute Gasteiger partial charge is 0.166 e. The van der Waals surface area contributed by atoms with Gasteiger partial charge in [-0.25, -0.2) is 8.78 Å². The van der Waals surface area contributed by atoms with Crippen LogP contribution in [0, 0.1) is 58.1 Å². The zero-order valence-corrected chi connectivity index (χ0v) is 19.6. The highest BCUT2D eigenvalue weighted by molar-refractivity contribution is 5.36. The Balaban J connectivity index is 1.24. The van der Waals surface area contributed by atoms with E-state index in [2.05, 4.69) is 13.8 Å². The van der Waals surface area contributed by atoms with Gasteiger partial charge in [0.05, 0.1) is 18.2 Å². The summed E-state index contributed by atoms with van der Waals surface area (Å²) in [7, 11) is 0. The average Bonchev–Trinajstić information content (AvgIpc) is 3.11. The summed E-state index contributed by atoms with van der Waals surface area (Å²) in [5.74, 6) is 2.76. The van der Waals surface area contributed by atoms with Crippen molar-refractivity contribution in [1.82, 2.24) is 0 Å². The SMILES string of the molecule is C[C@H]1CC[C@]2(F)C3CC[C@@]4(C)C(CC[C@@H]4CCOc4ccc(C#N)cc4F)[C@@H]3CC[C@@H]2C1. The number of ether oxygens (including phenoxy) is 1. The van der Waals surface area contributed by atoms with Gasteiger partial charge in [0.15, 0.2) is 11.6 Å². The van der Waals surface area contributed by atoms with Crippen LogP contribution in [0.4, 0.5) is 8.78 Å². The molecule has 0 amide bonds. The second kappa shape index (κ2) is 8.30. The molecule has 4 fully saturated rings. The normalized spacial score (nSPS) is 43.0. The van der Waals surface area contributed by atoms with Gasteiger partial charge in [-0.2, -0.15) is 5.26 Å². The third-order valence-corrected chi connectivity index (χ3v) is 10.3. The number of nitriles is 1. The number of nitrogens with zero attached hydrogens (tertiary/aromatic N) is 1. The molecule has 0 aliphatic heterocycles. The van der Waals surface area contributed by atoms with Crippen LogP contribution < -0.4 is 4.74 Å². The molecule has 0 saturated heterocycles. The van der Waals surface area contributed by atoms with Gasteiger partial charge in [-0.05, 0) is 123 Å². The molecule has 0 N–H and O–H groups in total. The van der Waals surface area contributed by atoms with Gasteiger partial charge in [-0.1, -0.05) is 13.8 Å². The average molecular weight is 442 g/mol. The minimum absolute atomic E-state index is 0.233. The summed E-state index contributed by atoms with van der Waals surface area (Å²) in [6.45, 7) is 5.25. The molecular weight excluding hydrogens is 404 g/mol. The van der Waals surface area contributed by atoms with E-state index in [-0.39, 0.29) is 17.1 Å². The molecule has 0 radical (unpaired) electrons. The lowest BCUT2D eigenvalue weighted by atomic mass is 9.48. The lowest BCUT2D eigenvalue weighted by Gasteiger charge is -2.58. The molecule has 2 unspecified atom stereocenters. The molecule has 5 rings (SSSR count). The summed E-state index contributed by atoms with van der Waals surface area (Å²) in [6, 6.07) is 6.35. The highest BCUT2D eigenvalue weighted by Crippen LogP contribution is 2.66. The molecule has 0 aromatic heterocycles. The molecule has 0 heterocycles. The second-order valence-electron chi connectivity index (χ2n) is 11.7. The van der Waals surface area contributed by atoms with Crippen molar-refractivity contribution in [3.05, 3.63) is 29.6 Å². The van der Waals surface area contributed by atoms with E-state index >= 15 is 4.39 Å². The maximum absolute atomic E-state index is 16.4. The van der Waals surface area contributed by atoms with Crippen molar-refractivity contribution in [2.24, 2.45) is 40.9 Å². The Morgan fingerprint density at radius 1 is 1.09 bits per heavy atom. The van der Waals surface area contributed by atoms with Crippen molar-refractivity contribution in [1.29, 1.82) is 5.26 Å². The van der Waals surface area contributed by atoms with Gasteiger partial charge in [-0.3, -0.25) is 0 Å². The van der Waals surface area contributed by atoms with E-state index in [0.29, 0.717) is 41.8 Å². The first-order chi connectivity index (χ1) is 15.3. The Morgan fingerprint density at radius 3 is 2.72 bits per heavy atom. The van der Waals surface area contributed by atoms with Gasteiger partial charge in [0.25, 0.3) is 0 Å². The third-order valence-electron chi connectivity index (χ3n) is 10.3. The maximum Gasteiger partial charge on any atom is 0.166 e. The fraction of sp³-hybridized carbons (Fsp3) is 0.750. The second-order valence-corrected chi connectivity index (χ2v) is 11.7. The molecule has 8 atom stereocenters. The molecule has 2 nitrogen and oxygen atoms in total. The first-order valence-electron chi connectivity index (χ1n) is 12.9. The lowest BCUT2D eigenvalue weighted by molar-refractivity contribution is -0.139. The van der Waals surface area contributed by atoms with E-state index in [0.717, 1.165) is 44.9 Å². The fourth-order valence-electron chi connectivity index (χ4n) is 8.58. The molecule has 1 aromatic carbocycles. The largest absolute Gasteiger partial charge is 0.491 e. The first kappa shape index (κ1) is 22.2. The summed E-state index contributed by atoms with van der Waals surface area (Å²) in [5.41, 5.74) is -0.338. The molecule has 4 aliphatic rings. The van der Waals surface area contributed by atoms with Crippen molar-refractivity contribution in [3.8, 4) is 11.8 Å². The molecule has 4 saturated carbocycles. The zero-order chi connectivity index (χ0) is 22.5. The summed E-state index contributed by atoms with van der Waals surface area (Å²) >= 11 is 0. The molecule has 174 valence electrons. The number of benzene rings is 1. The Morgan fingerprint density at radius 2 is 1.94 bits per heavy atom. The van der Waals surface area contributed by atoms with Crippen LogP contribution >= 0.6 is 0 Å². The number of rotatable bonds is 4. The van der Waals surface area contributed by atoms with Gasteiger partial charge >= 0.3 is 0 Å². The predicted molar refractivity (Wildman–Crippen MR) is 121 cm³/mol. The van der Waals surface area contributed by atoms with Crippen molar-refractivity contribution in [2.75, 3.05) is 6.61 Å². The van der Waals surface area contributed by atoms with Gasteiger partial charge in [-0.15, -0.1) is 0 Å². The lowest BCUT2D eigenvalue weighted by Crippen LogP contribution is -2.56. The van der Waals surface area contributed by atoms with Gasteiger partial charge < -0.3 is 4.74 Å². The van der Waals surface area contributed by atoms with E-state index < -0.39 is 11.5 Å². The van der Waals surface area contributed by atoms with E-state index in [1.807, 2.05) is 6.07 Å². The van der Waals surface area contributed by atoms with Crippen LogP contribution in [0.3, 0.4) is 0 Å².